The lowest BCUT2D eigenvalue weighted by molar-refractivity contribution is 0.841. The molecular formula is C12H17I. The maximum atomic E-state index is 3.20. The molecule has 0 nitrogen and oxygen atoms in total. The van der Waals surface area contributed by atoms with Gasteiger partial charge in [-0.3, -0.25) is 0 Å². The number of hydrogen-bond acceptors (Lipinski definition) is 0. The summed E-state index contributed by atoms with van der Waals surface area (Å²) in [7, 11) is 0. The van der Waals surface area contributed by atoms with Crippen molar-refractivity contribution in [1.82, 2.24) is 0 Å². The van der Waals surface area contributed by atoms with Gasteiger partial charge in [-0.05, 0) is 30.6 Å². The van der Waals surface area contributed by atoms with Crippen molar-refractivity contribution in [3.63, 3.8) is 0 Å². The van der Waals surface area contributed by atoms with Crippen LogP contribution in [0.25, 0.3) is 0 Å². The molecular weight excluding hydrogens is 271 g/mol. The lowest BCUT2D eigenvalue weighted by Gasteiger charge is -1.88. The molecule has 0 atom stereocenters. The van der Waals surface area contributed by atoms with Gasteiger partial charge in [0.1, 0.15) is 0 Å². The van der Waals surface area contributed by atoms with Crippen LogP contribution < -0.4 is 0 Å². The van der Waals surface area contributed by atoms with Gasteiger partial charge in [0.05, 0.1) is 0 Å². The van der Waals surface area contributed by atoms with E-state index in [1.165, 1.54) is 17.3 Å². The predicted octanol–water partition coefficient (Wildman–Crippen LogP) is 3.79. The first-order valence-electron chi connectivity index (χ1n) is 4.83. The molecule has 0 amide bonds. The highest BCUT2D eigenvalue weighted by Gasteiger charge is 1.82. The molecule has 0 saturated heterocycles. The van der Waals surface area contributed by atoms with Gasteiger partial charge in [-0.25, -0.2) is 0 Å². The molecule has 13 heavy (non-hydrogen) atoms. The number of alkyl halides is 1. The SMILES string of the molecule is CC#CCCCC#CCCCCI. The summed E-state index contributed by atoms with van der Waals surface area (Å²) in [5, 5.41) is 0. The van der Waals surface area contributed by atoms with Crippen molar-refractivity contribution in [3.8, 4) is 23.7 Å². The third-order valence-corrected chi connectivity index (χ3v) is 2.35. The highest BCUT2D eigenvalue weighted by Crippen LogP contribution is 1.98. The van der Waals surface area contributed by atoms with Gasteiger partial charge in [0, 0.05) is 19.3 Å². The van der Waals surface area contributed by atoms with Gasteiger partial charge >= 0.3 is 0 Å². The standard InChI is InChI=1S/C12H17I/c1-2-3-4-5-6-7-8-9-10-11-12-13/h4-6,9-12H2,1H3. The Morgan fingerprint density at radius 3 is 2.08 bits per heavy atom. The van der Waals surface area contributed by atoms with E-state index in [1.807, 2.05) is 6.92 Å². The van der Waals surface area contributed by atoms with E-state index in [1.54, 1.807) is 0 Å². The number of halogens is 1. The third kappa shape index (κ3) is 11.9. The molecule has 0 radical (unpaired) electrons. The molecule has 0 aromatic rings. The Morgan fingerprint density at radius 2 is 1.46 bits per heavy atom. The molecule has 72 valence electrons. The van der Waals surface area contributed by atoms with Gasteiger partial charge in [-0.15, -0.1) is 23.7 Å². The van der Waals surface area contributed by atoms with Crippen LogP contribution in [0.5, 0.6) is 0 Å². The molecule has 0 aromatic carbocycles. The fourth-order valence-corrected chi connectivity index (χ4v) is 1.41. The fraction of sp³-hybridized carbons (Fsp3) is 0.667. The highest BCUT2D eigenvalue weighted by molar-refractivity contribution is 14.1. The first-order chi connectivity index (χ1) is 6.41. The first kappa shape index (κ1) is 12.8. The van der Waals surface area contributed by atoms with Crippen molar-refractivity contribution in [2.75, 3.05) is 4.43 Å². The maximum absolute atomic E-state index is 3.20. The van der Waals surface area contributed by atoms with Crippen LogP contribution >= 0.6 is 22.6 Å². The zero-order valence-corrected chi connectivity index (χ0v) is 10.5. The van der Waals surface area contributed by atoms with Crippen molar-refractivity contribution >= 4 is 22.6 Å². The van der Waals surface area contributed by atoms with Gasteiger partial charge in [0.2, 0.25) is 0 Å². The van der Waals surface area contributed by atoms with Crippen molar-refractivity contribution < 1.29 is 0 Å². The summed E-state index contributed by atoms with van der Waals surface area (Å²) >= 11 is 2.41. The summed E-state index contributed by atoms with van der Waals surface area (Å²) in [5.74, 6) is 12.3. The summed E-state index contributed by atoms with van der Waals surface area (Å²) in [6.07, 6.45) is 6.77. The molecule has 0 saturated carbocycles. The second-order valence-electron chi connectivity index (χ2n) is 2.78. The predicted molar refractivity (Wildman–Crippen MR) is 67.8 cm³/mol. The second-order valence-corrected chi connectivity index (χ2v) is 3.86. The van der Waals surface area contributed by atoms with Crippen molar-refractivity contribution in [2.45, 2.75) is 45.4 Å². The summed E-state index contributed by atoms with van der Waals surface area (Å²) in [6, 6.07) is 0. The molecule has 0 unspecified atom stereocenters. The second kappa shape index (κ2) is 11.8. The van der Waals surface area contributed by atoms with Crippen LogP contribution in [0.1, 0.15) is 45.4 Å². The number of rotatable bonds is 5. The van der Waals surface area contributed by atoms with Gasteiger partial charge in [-0.2, -0.15) is 0 Å². The molecule has 0 aliphatic heterocycles. The molecule has 0 N–H and O–H groups in total. The Labute approximate surface area is 96.0 Å². The van der Waals surface area contributed by atoms with Crippen LogP contribution in [0.4, 0.5) is 0 Å². The summed E-state index contributed by atoms with van der Waals surface area (Å²) in [6.45, 7) is 1.88. The zero-order chi connectivity index (χ0) is 9.78. The van der Waals surface area contributed by atoms with E-state index in [-0.39, 0.29) is 0 Å². The largest absolute Gasteiger partial charge is 0.107 e. The Bertz CT molecular complexity index is 209. The van der Waals surface area contributed by atoms with E-state index in [0.717, 1.165) is 25.7 Å². The Hall–Kier alpha value is -0.150. The average Bonchev–Trinajstić information content (AvgIpc) is 2.16. The van der Waals surface area contributed by atoms with Gasteiger partial charge in [0.25, 0.3) is 0 Å². The van der Waals surface area contributed by atoms with E-state index in [0.29, 0.717) is 0 Å². The highest BCUT2D eigenvalue weighted by atomic mass is 127. The monoisotopic (exact) mass is 288 g/mol. The van der Waals surface area contributed by atoms with Gasteiger partial charge in [0.15, 0.2) is 0 Å². The van der Waals surface area contributed by atoms with E-state index >= 15 is 0 Å². The minimum atomic E-state index is 0.999. The minimum Gasteiger partial charge on any atom is -0.107 e. The number of unbranched alkanes of at least 4 members (excludes halogenated alkanes) is 4. The topological polar surface area (TPSA) is 0 Å². The van der Waals surface area contributed by atoms with Crippen LogP contribution in [0.2, 0.25) is 0 Å². The molecule has 0 bridgehead atoms. The van der Waals surface area contributed by atoms with E-state index in [2.05, 4.69) is 46.3 Å². The Kier molecular flexibility index (Phi) is 11.7. The fourth-order valence-electron chi connectivity index (χ4n) is 0.875. The van der Waals surface area contributed by atoms with Crippen LogP contribution in [-0.4, -0.2) is 4.43 Å². The molecule has 0 heterocycles. The van der Waals surface area contributed by atoms with Crippen LogP contribution in [0.3, 0.4) is 0 Å². The average molecular weight is 288 g/mol. The van der Waals surface area contributed by atoms with Crippen molar-refractivity contribution in [3.05, 3.63) is 0 Å². The molecule has 0 rings (SSSR count). The smallest absolute Gasteiger partial charge is 0.00977 e. The van der Waals surface area contributed by atoms with E-state index in [9.17, 15) is 0 Å². The Morgan fingerprint density at radius 1 is 0.846 bits per heavy atom. The van der Waals surface area contributed by atoms with Gasteiger partial charge < -0.3 is 0 Å². The molecule has 1 heteroatoms. The Balaban J connectivity index is 3.13. The number of hydrogen-bond donors (Lipinski definition) is 0. The zero-order valence-electron chi connectivity index (χ0n) is 8.33. The molecule has 0 aromatic heterocycles. The van der Waals surface area contributed by atoms with E-state index < -0.39 is 0 Å². The third-order valence-electron chi connectivity index (χ3n) is 1.59. The summed E-state index contributed by atoms with van der Waals surface area (Å²) in [4.78, 5) is 0. The van der Waals surface area contributed by atoms with Crippen LogP contribution in [0.15, 0.2) is 0 Å². The quantitative estimate of drug-likeness (QED) is 0.312. The molecule has 0 spiro atoms. The summed E-state index contributed by atoms with van der Waals surface area (Å²) in [5.41, 5.74) is 0. The normalized spacial score (nSPS) is 8.15. The lowest BCUT2D eigenvalue weighted by Crippen LogP contribution is -1.74. The summed E-state index contributed by atoms with van der Waals surface area (Å²) < 4.78 is 1.26. The van der Waals surface area contributed by atoms with Crippen LogP contribution in [-0.2, 0) is 0 Å². The minimum absolute atomic E-state index is 0.999. The van der Waals surface area contributed by atoms with Crippen molar-refractivity contribution in [2.24, 2.45) is 0 Å². The first-order valence-corrected chi connectivity index (χ1v) is 6.35. The molecule has 0 aliphatic carbocycles. The van der Waals surface area contributed by atoms with Crippen molar-refractivity contribution in [1.29, 1.82) is 0 Å². The van der Waals surface area contributed by atoms with Crippen LogP contribution in [0, 0.1) is 23.7 Å². The van der Waals surface area contributed by atoms with E-state index in [4.69, 9.17) is 0 Å². The lowest BCUT2D eigenvalue weighted by atomic mass is 10.2. The van der Waals surface area contributed by atoms with Gasteiger partial charge in [-0.1, -0.05) is 22.6 Å². The molecule has 0 fully saturated rings. The maximum Gasteiger partial charge on any atom is 0.00977 e. The molecule has 0 aliphatic rings.